The first kappa shape index (κ1) is 15.4. The largest absolute Gasteiger partial charge is 0.469 e. The van der Waals surface area contributed by atoms with Crippen molar-refractivity contribution in [3.63, 3.8) is 0 Å². The summed E-state index contributed by atoms with van der Waals surface area (Å²) in [4.78, 5) is 26.2. The molecule has 0 amide bonds. The van der Waals surface area contributed by atoms with E-state index < -0.39 is 22.3 Å². The topological polar surface area (TPSA) is 82.3 Å². The number of aromatic nitrogens is 1. The number of ether oxygens (including phenoxy) is 1. The average Bonchev–Trinajstić information content (AvgIpc) is 2.36. The molecule has 1 heterocycles. The van der Waals surface area contributed by atoms with Gasteiger partial charge in [0.25, 0.3) is 0 Å². The van der Waals surface area contributed by atoms with Crippen molar-refractivity contribution in [3.05, 3.63) is 39.2 Å². The zero-order chi connectivity index (χ0) is 14.6. The number of carbonyl (C=O) groups excluding carboxylic acids is 1. The van der Waals surface area contributed by atoms with Crippen LogP contribution in [-0.4, -0.2) is 28.5 Å². The smallest absolute Gasteiger partial charge is 0.313 e. The van der Waals surface area contributed by atoms with Gasteiger partial charge in [0, 0.05) is 31.4 Å². The summed E-state index contributed by atoms with van der Waals surface area (Å²) in [6.07, 6.45) is 1.45. The maximum Gasteiger partial charge on any atom is 0.313 e. The van der Waals surface area contributed by atoms with Crippen LogP contribution in [0.25, 0.3) is 0 Å². The van der Waals surface area contributed by atoms with Crippen LogP contribution in [0.3, 0.4) is 0 Å². The SMILES string of the molecule is COC(=O)C(CC(C)(C)[N+](=O)[O-])c1ccc(Cl)nc1. The number of halogens is 1. The molecule has 7 heteroatoms. The molecule has 0 aromatic carbocycles. The van der Waals surface area contributed by atoms with Gasteiger partial charge in [0.2, 0.25) is 5.54 Å². The number of rotatable bonds is 5. The summed E-state index contributed by atoms with van der Waals surface area (Å²) in [5.74, 6) is -1.27. The Hall–Kier alpha value is -1.69. The molecule has 0 aliphatic carbocycles. The van der Waals surface area contributed by atoms with Gasteiger partial charge in [-0.05, 0) is 11.6 Å². The van der Waals surface area contributed by atoms with Crippen LogP contribution in [0.15, 0.2) is 18.3 Å². The van der Waals surface area contributed by atoms with Gasteiger partial charge in [-0.25, -0.2) is 4.98 Å². The molecule has 1 unspecified atom stereocenters. The van der Waals surface area contributed by atoms with Gasteiger partial charge in [-0.3, -0.25) is 14.9 Å². The van der Waals surface area contributed by atoms with E-state index in [1.807, 2.05) is 0 Å². The summed E-state index contributed by atoms with van der Waals surface area (Å²) in [6, 6.07) is 3.15. The van der Waals surface area contributed by atoms with E-state index in [2.05, 4.69) is 4.98 Å². The van der Waals surface area contributed by atoms with Gasteiger partial charge in [-0.15, -0.1) is 0 Å². The maximum absolute atomic E-state index is 11.8. The summed E-state index contributed by atoms with van der Waals surface area (Å²) in [6.45, 7) is 2.93. The van der Waals surface area contributed by atoms with Crippen LogP contribution in [0.1, 0.15) is 31.7 Å². The Kier molecular flexibility index (Phi) is 4.83. The van der Waals surface area contributed by atoms with Crippen molar-refractivity contribution in [3.8, 4) is 0 Å². The standard InChI is InChI=1S/C12H15ClN2O4/c1-12(2,15(17)18)6-9(11(16)19-3)8-4-5-10(13)14-7-8/h4-5,7,9H,6H2,1-3H3. The molecule has 1 aromatic rings. The summed E-state index contributed by atoms with van der Waals surface area (Å²) in [7, 11) is 1.25. The van der Waals surface area contributed by atoms with Gasteiger partial charge in [0.1, 0.15) is 5.15 Å². The first-order chi connectivity index (χ1) is 8.77. The monoisotopic (exact) mass is 286 g/mol. The highest BCUT2D eigenvalue weighted by atomic mass is 35.5. The lowest BCUT2D eigenvalue weighted by molar-refractivity contribution is -0.561. The van der Waals surface area contributed by atoms with Crippen LogP contribution in [0.5, 0.6) is 0 Å². The van der Waals surface area contributed by atoms with E-state index in [1.165, 1.54) is 33.2 Å². The second kappa shape index (κ2) is 5.97. The number of carbonyl (C=O) groups is 1. The lowest BCUT2D eigenvalue weighted by Gasteiger charge is -2.21. The van der Waals surface area contributed by atoms with Gasteiger partial charge >= 0.3 is 5.97 Å². The normalized spacial score (nSPS) is 12.8. The first-order valence-electron chi connectivity index (χ1n) is 5.61. The van der Waals surface area contributed by atoms with E-state index in [9.17, 15) is 14.9 Å². The van der Waals surface area contributed by atoms with Gasteiger partial charge in [0.05, 0.1) is 13.0 Å². The third-order valence-corrected chi connectivity index (χ3v) is 3.06. The van der Waals surface area contributed by atoms with E-state index in [0.717, 1.165) is 0 Å². The van der Waals surface area contributed by atoms with Crippen molar-refractivity contribution < 1.29 is 14.5 Å². The fourth-order valence-corrected chi connectivity index (χ4v) is 1.76. The molecule has 0 bridgehead atoms. The van der Waals surface area contributed by atoms with Crippen LogP contribution >= 0.6 is 11.6 Å². The minimum absolute atomic E-state index is 0.0238. The average molecular weight is 287 g/mol. The summed E-state index contributed by atoms with van der Waals surface area (Å²) >= 11 is 5.68. The third-order valence-electron chi connectivity index (χ3n) is 2.84. The molecular formula is C12H15ClN2O4. The van der Waals surface area contributed by atoms with Crippen molar-refractivity contribution in [1.82, 2.24) is 4.98 Å². The molecule has 1 atom stereocenters. The van der Waals surface area contributed by atoms with E-state index in [-0.39, 0.29) is 6.42 Å². The molecule has 19 heavy (non-hydrogen) atoms. The highest BCUT2D eigenvalue weighted by molar-refractivity contribution is 6.29. The predicted octanol–water partition coefficient (Wildman–Crippen LogP) is 2.44. The number of nitro groups is 1. The van der Waals surface area contributed by atoms with Crippen LogP contribution in [0, 0.1) is 10.1 Å². The molecule has 0 fully saturated rings. The Balaban J connectivity index is 3.06. The van der Waals surface area contributed by atoms with E-state index in [1.54, 1.807) is 6.07 Å². The maximum atomic E-state index is 11.8. The molecule has 0 aliphatic heterocycles. The van der Waals surface area contributed by atoms with Gasteiger partial charge < -0.3 is 4.74 Å². The Labute approximate surface area is 115 Å². The molecule has 1 rings (SSSR count). The van der Waals surface area contributed by atoms with Gasteiger partial charge in [-0.2, -0.15) is 0 Å². The van der Waals surface area contributed by atoms with Crippen LogP contribution in [0.2, 0.25) is 5.15 Å². The molecule has 0 radical (unpaired) electrons. The highest BCUT2D eigenvalue weighted by Gasteiger charge is 2.38. The molecule has 0 saturated heterocycles. The van der Waals surface area contributed by atoms with E-state index in [0.29, 0.717) is 10.7 Å². The molecular weight excluding hydrogens is 272 g/mol. The van der Waals surface area contributed by atoms with Crippen molar-refractivity contribution in [2.45, 2.75) is 31.7 Å². The molecule has 6 nitrogen and oxygen atoms in total. The lowest BCUT2D eigenvalue weighted by Crippen LogP contribution is -2.35. The lowest BCUT2D eigenvalue weighted by atomic mass is 9.87. The summed E-state index contributed by atoms with van der Waals surface area (Å²) in [5, 5.41) is 11.3. The Morgan fingerprint density at radius 3 is 2.63 bits per heavy atom. The quantitative estimate of drug-likeness (QED) is 0.359. The second-order valence-corrected chi connectivity index (χ2v) is 5.15. The third kappa shape index (κ3) is 3.89. The highest BCUT2D eigenvalue weighted by Crippen LogP contribution is 2.29. The predicted molar refractivity (Wildman–Crippen MR) is 69.7 cm³/mol. The van der Waals surface area contributed by atoms with Crippen molar-refractivity contribution in [2.75, 3.05) is 7.11 Å². The van der Waals surface area contributed by atoms with Crippen LogP contribution in [-0.2, 0) is 9.53 Å². The zero-order valence-corrected chi connectivity index (χ0v) is 11.7. The fourth-order valence-electron chi connectivity index (χ4n) is 1.65. The minimum atomic E-state index is -1.24. The number of nitrogens with zero attached hydrogens (tertiary/aromatic N) is 2. The first-order valence-corrected chi connectivity index (χ1v) is 5.99. The molecule has 0 spiro atoms. The fraction of sp³-hybridized carbons (Fsp3) is 0.500. The van der Waals surface area contributed by atoms with Gasteiger partial charge in [-0.1, -0.05) is 17.7 Å². The number of hydrogen-bond donors (Lipinski definition) is 0. The summed E-state index contributed by atoms with van der Waals surface area (Å²) in [5.41, 5.74) is -0.690. The number of esters is 1. The Morgan fingerprint density at radius 1 is 1.58 bits per heavy atom. The van der Waals surface area contributed by atoms with Crippen molar-refractivity contribution in [1.29, 1.82) is 0 Å². The van der Waals surface area contributed by atoms with Crippen molar-refractivity contribution >= 4 is 17.6 Å². The molecule has 104 valence electrons. The van der Waals surface area contributed by atoms with Crippen LogP contribution < -0.4 is 0 Å². The van der Waals surface area contributed by atoms with E-state index >= 15 is 0 Å². The Morgan fingerprint density at radius 2 is 2.21 bits per heavy atom. The number of pyridine rings is 1. The van der Waals surface area contributed by atoms with E-state index in [4.69, 9.17) is 16.3 Å². The Bertz CT molecular complexity index is 473. The minimum Gasteiger partial charge on any atom is -0.469 e. The van der Waals surface area contributed by atoms with Crippen LogP contribution in [0.4, 0.5) is 0 Å². The molecule has 0 saturated carbocycles. The molecule has 0 N–H and O–H groups in total. The second-order valence-electron chi connectivity index (χ2n) is 4.76. The van der Waals surface area contributed by atoms with Crippen molar-refractivity contribution in [2.24, 2.45) is 0 Å². The molecule has 0 aliphatic rings. The molecule has 1 aromatic heterocycles. The number of hydrogen-bond acceptors (Lipinski definition) is 5. The number of methoxy groups -OCH3 is 1. The zero-order valence-electron chi connectivity index (χ0n) is 10.9. The summed E-state index contributed by atoms with van der Waals surface area (Å²) < 4.78 is 4.70. The van der Waals surface area contributed by atoms with Gasteiger partial charge in [0.15, 0.2) is 0 Å².